The second kappa shape index (κ2) is 5.74. The molecule has 3 nitrogen and oxygen atoms in total. The van der Waals surface area contributed by atoms with E-state index in [1.165, 1.54) is 24.8 Å². The first-order valence-electron chi connectivity index (χ1n) is 6.88. The summed E-state index contributed by atoms with van der Waals surface area (Å²) in [6.45, 7) is 0.998. The third-order valence-corrected chi connectivity index (χ3v) is 4.37. The number of halogens is 1. The van der Waals surface area contributed by atoms with Gasteiger partial charge in [-0.05, 0) is 48.8 Å². The topological polar surface area (TPSA) is 30.7 Å². The van der Waals surface area contributed by atoms with Crippen molar-refractivity contribution in [2.45, 2.75) is 32.2 Å². The molecule has 1 aromatic carbocycles. The van der Waals surface area contributed by atoms with Crippen LogP contribution < -0.4 is 0 Å². The van der Waals surface area contributed by atoms with Crippen LogP contribution in [-0.2, 0) is 13.0 Å². The molecule has 1 heterocycles. The highest BCUT2D eigenvalue weighted by Crippen LogP contribution is 2.35. The molecule has 0 spiro atoms. The maximum absolute atomic E-state index is 5.93. The minimum absolute atomic E-state index is 0.720. The lowest BCUT2D eigenvalue weighted by Gasteiger charge is -2.19. The number of hydrogen-bond acceptors (Lipinski definition) is 2. The van der Waals surface area contributed by atoms with Gasteiger partial charge in [0.05, 0.1) is 0 Å². The molecular formula is C15H18ClN3. The third kappa shape index (κ3) is 3.16. The van der Waals surface area contributed by atoms with Gasteiger partial charge >= 0.3 is 0 Å². The summed E-state index contributed by atoms with van der Waals surface area (Å²) in [6, 6.07) is 8.26. The summed E-state index contributed by atoms with van der Waals surface area (Å²) in [4.78, 5) is 4.02. The van der Waals surface area contributed by atoms with Crippen molar-refractivity contribution in [1.82, 2.24) is 14.8 Å². The Kier molecular flexibility index (Phi) is 3.83. The monoisotopic (exact) mass is 275 g/mol. The lowest BCUT2D eigenvalue weighted by atomic mass is 9.89. The van der Waals surface area contributed by atoms with Crippen LogP contribution in [0.25, 0.3) is 0 Å². The van der Waals surface area contributed by atoms with Crippen LogP contribution in [0.5, 0.6) is 0 Å². The Morgan fingerprint density at radius 1 is 1.16 bits per heavy atom. The second-order valence-corrected chi connectivity index (χ2v) is 5.84. The van der Waals surface area contributed by atoms with Crippen LogP contribution in [0.4, 0.5) is 0 Å². The van der Waals surface area contributed by atoms with Gasteiger partial charge < -0.3 is 0 Å². The van der Waals surface area contributed by atoms with Crippen LogP contribution in [0.2, 0.25) is 5.02 Å². The van der Waals surface area contributed by atoms with Crippen LogP contribution in [0, 0.1) is 11.8 Å². The maximum Gasteiger partial charge on any atom is 0.137 e. The fourth-order valence-corrected chi connectivity index (χ4v) is 3.24. The molecule has 1 aromatic heterocycles. The number of nitrogens with zero attached hydrogens (tertiary/aromatic N) is 3. The molecule has 1 fully saturated rings. The van der Waals surface area contributed by atoms with Gasteiger partial charge in [0, 0.05) is 11.6 Å². The Hall–Kier alpha value is -1.35. The minimum Gasteiger partial charge on any atom is -0.253 e. The van der Waals surface area contributed by atoms with E-state index >= 15 is 0 Å². The van der Waals surface area contributed by atoms with E-state index in [-0.39, 0.29) is 0 Å². The molecule has 2 aromatic rings. The molecule has 0 aliphatic heterocycles. The fraction of sp³-hybridized carbons (Fsp3) is 0.467. The average molecular weight is 276 g/mol. The van der Waals surface area contributed by atoms with E-state index in [1.807, 2.05) is 23.1 Å². The van der Waals surface area contributed by atoms with Crippen LogP contribution in [0.3, 0.4) is 0 Å². The van der Waals surface area contributed by atoms with Gasteiger partial charge in [-0.2, -0.15) is 5.10 Å². The first kappa shape index (κ1) is 12.7. The molecule has 4 heteroatoms. The van der Waals surface area contributed by atoms with E-state index in [0.717, 1.165) is 29.8 Å². The second-order valence-electron chi connectivity index (χ2n) is 5.40. The zero-order valence-corrected chi connectivity index (χ0v) is 11.6. The SMILES string of the molecule is Clc1ccc(C[C@H]2CCC[C@@H]2Cn2cncn2)cc1. The zero-order valence-electron chi connectivity index (χ0n) is 10.9. The molecule has 1 saturated carbocycles. The normalized spacial score (nSPS) is 22.8. The van der Waals surface area contributed by atoms with Crippen molar-refractivity contribution < 1.29 is 0 Å². The molecule has 0 unspecified atom stereocenters. The number of hydrogen-bond donors (Lipinski definition) is 0. The fourth-order valence-electron chi connectivity index (χ4n) is 3.11. The molecule has 0 radical (unpaired) electrons. The van der Waals surface area contributed by atoms with Crippen molar-refractivity contribution in [2.75, 3.05) is 0 Å². The Labute approximate surface area is 118 Å². The summed E-state index contributed by atoms with van der Waals surface area (Å²) in [5.41, 5.74) is 1.39. The molecule has 0 bridgehead atoms. The predicted molar refractivity (Wildman–Crippen MR) is 76.0 cm³/mol. The van der Waals surface area contributed by atoms with E-state index < -0.39 is 0 Å². The summed E-state index contributed by atoms with van der Waals surface area (Å²) in [7, 11) is 0. The van der Waals surface area contributed by atoms with Crippen molar-refractivity contribution >= 4 is 11.6 Å². The average Bonchev–Trinajstić information content (AvgIpc) is 3.06. The largest absolute Gasteiger partial charge is 0.253 e. The number of rotatable bonds is 4. The summed E-state index contributed by atoms with van der Waals surface area (Å²) < 4.78 is 1.96. The molecule has 1 aliphatic carbocycles. The standard InChI is InChI=1S/C15H18ClN3/c16-15-6-4-12(5-7-15)8-13-2-1-3-14(13)9-19-11-17-10-18-19/h4-7,10-11,13-14H,1-3,8-9H2/t13-,14-/m1/s1. The van der Waals surface area contributed by atoms with Crippen LogP contribution in [0.15, 0.2) is 36.9 Å². The molecule has 100 valence electrons. The van der Waals surface area contributed by atoms with Gasteiger partial charge in [-0.1, -0.05) is 30.2 Å². The van der Waals surface area contributed by atoms with Crippen LogP contribution >= 0.6 is 11.6 Å². The van der Waals surface area contributed by atoms with Crippen LogP contribution in [0.1, 0.15) is 24.8 Å². The lowest BCUT2D eigenvalue weighted by molar-refractivity contribution is 0.325. The van der Waals surface area contributed by atoms with Crippen LogP contribution in [-0.4, -0.2) is 14.8 Å². The van der Waals surface area contributed by atoms with Gasteiger partial charge in [0.1, 0.15) is 12.7 Å². The van der Waals surface area contributed by atoms with Crippen molar-refractivity contribution in [3.63, 3.8) is 0 Å². The van der Waals surface area contributed by atoms with Crippen molar-refractivity contribution in [2.24, 2.45) is 11.8 Å². The maximum atomic E-state index is 5.93. The molecule has 1 aliphatic rings. The summed E-state index contributed by atoms with van der Waals surface area (Å²) in [5, 5.41) is 5.04. The van der Waals surface area contributed by atoms with E-state index in [2.05, 4.69) is 22.2 Å². The smallest absolute Gasteiger partial charge is 0.137 e. The van der Waals surface area contributed by atoms with Gasteiger partial charge in [0.25, 0.3) is 0 Å². The van der Waals surface area contributed by atoms with E-state index in [0.29, 0.717) is 0 Å². The van der Waals surface area contributed by atoms with Gasteiger partial charge in [0.2, 0.25) is 0 Å². The highest BCUT2D eigenvalue weighted by Gasteiger charge is 2.27. The van der Waals surface area contributed by atoms with Gasteiger partial charge in [-0.15, -0.1) is 0 Å². The number of aromatic nitrogens is 3. The molecule has 0 saturated heterocycles. The van der Waals surface area contributed by atoms with Gasteiger partial charge in [-0.25, -0.2) is 4.98 Å². The molecular weight excluding hydrogens is 258 g/mol. The zero-order chi connectivity index (χ0) is 13.1. The molecule has 0 amide bonds. The van der Waals surface area contributed by atoms with Crippen molar-refractivity contribution in [1.29, 1.82) is 0 Å². The molecule has 0 N–H and O–H groups in total. The summed E-state index contributed by atoms with van der Waals surface area (Å²) in [5.74, 6) is 1.47. The Bertz CT molecular complexity index is 507. The van der Waals surface area contributed by atoms with Gasteiger partial charge in [-0.3, -0.25) is 4.68 Å². The third-order valence-electron chi connectivity index (χ3n) is 4.12. The highest BCUT2D eigenvalue weighted by atomic mass is 35.5. The van der Waals surface area contributed by atoms with E-state index in [4.69, 9.17) is 11.6 Å². The number of benzene rings is 1. The van der Waals surface area contributed by atoms with Gasteiger partial charge in [0.15, 0.2) is 0 Å². The first-order chi connectivity index (χ1) is 9.31. The molecule has 2 atom stereocenters. The Morgan fingerprint density at radius 2 is 1.95 bits per heavy atom. The predicted octanol–water partition coefficient (Wildman–Crippen LogP) is 3.59. The highest BCUT2D eigenvalue weighted by molar-refractivity contribution is 6.30. The molecule has 3 rings (SSSR count). The molecule has 19 heavy (non-hydrogen) atoms. The minimum atomic E-state index is 0.720. The Balaban J connectivity index is 1.64. The quantitative estimate of drug-likeness (QED) is 0.854. The Morgan fingerprint density at radius 3 is 2.68 bits per heavy atom. The lowest BCUT2D eigenvalue weighted by Crippen LogP contribution is -2.17. The summed E-state index contributed by atoms with van der Waals surface area (Å²) in [6.07, 6.45) is 8.54. The first-order valence-corrected chi connectivity index (χ1v) is 7.26. The van der Waals surface area contributed by atoms with E-state index in [9.17, 15) is 0 Å². The van der Waals surface area contributed by atoms with Crippen molar-refractivity contribution in [3.8, 4) is 0 Å². The summed E-state index contributed by atoms with van der Waals surface area (Å²) >= 11 is 5.93. The van der Waals surface area contributed by atoms with E-state index in [1.54, 1.807) is 6.33 Å². The van der Waals surface area contributed by atoms with Crippen molar-refractivity contribution in [3.05, 3.63) is 47.5 Å².